The van der Waals surface area contributed by atoms with Gasteiger partial charge in [-0.3, -0.25) is 4.79 Å². The number of nitrogens with zero attached hydrogens (tertiary/aromatic N) is 3. The number of hydrogen-bond donors (Lipinski definition) is 0. The van der Waals surface area contributed by atoms with Gasteiger partial charge in [0.2, 0.25) is 0 Å². The molecule has 0 bridgehead atoms. The predicted octanol–water partition coefficient (Wildman–Crippen LogP) is 4.10. The molecule has 0 atom stereocenters. The monoisotopic (exact) mass is 329 g/mol. The molecule has 0 fully saturated rings. The van der Waals surface area contributed by atoms with Gasteiger partial charge >= 0.3 is 0 Å². The van der Waals surface area contributed by atoms with Crippen LogP contribution in [0.25, 0.3) is 22.6 Å². The van der Waals surface area contributed by atoms with E-state index in [1.165, 1.54) is 0 Å². The minimum absolute atomic E-state index is 0.0560. The van der Waals surface area contributed by atoms with Gasteiger partial charge < -0.3 is 0 Å². The minimum atomic E-state index is -0.0560. The molecule has 2 heterocycles. The van der Waals surface area contributed by atoms with Crippen molar-refractivity contribution in [3.63, 3.8) is 0 Å². The summed E-state index contributed by atoms with van der Waals surface area (Å²) >= 11 is 0. The van der Waals surface area contributed by atoms with Gasteiger partial charge in [0.05, 0.1) is 11.4 Å². The molecule has 2 aromatic carbocycles. The summed E-state index contributed by atoms with van der Waals surface area (Å²) in [6.07, 6.45) is 1.77. The third-order valence-electron chi connectivity index (χ3n) is 4.24. The standard InChI is InChI=1S/C21H19N3O/c1-2-9-17-14-21(25)24-20(22-17)15-19(16-10-5-3-6-11-16)23(24)18-12-7-4-8-13-18/h3-8,10-15H,2,9H2,1H3. The summed E-state index contributed by atoms with van der Waals surface area (Å²) in [5, 5.41) is 0. The topological polar surface area (TPSA) is 39.3 Å². The lowest BCUT2D eigenvalue weighted by Gasteiger charge is -2.11. The van der Waals surface area contributed by atoms with Crippen LogP contribution in [0.15, 0.2) is 77.6 Å². The number of hydrogen-bond acceptors (Lipinski definition) is 2. The van der Waals surface area contributed by atoms with Crippen LogP contribution in [0, 0.1) is 0 Å². The van der Waals surface area contributed by atoms with Crippen molar-refractivity contribution in [3.05, 3.63) is 88.8 Å². The Kier molecular flexibility index (Phi) is 3.94. The number of aromatic nitrogens is 3. The molecule has 25 heavy (non-hydrogen) atoms. The molecule has 0 unspecified atom stereocenters. The van der Waals surface area contributed by atoms with Gasteiger partial charge in [0.1, 0.15) is 0 Å². The summed E-state index contributed by atoms with van der Waals surface area (Å²) in [6.45, 7) is 2.09. The van der Waals surface area contributed by atoms with E-state index in [0.717, 1.165) is 35.5 Å². The van der Waals surface area contributed by atoms with Crippen molar-refractivity contribution in [1.29, 1.82) is 0 Å². The molecule has 0 aliphatic carbocycles. The van der Waals surface area contributed by atoms with Crippen molar-refractivity contribution in [2.24, 2.45) is 0 Å². The molecule has 0 saturated heterocycles. The normalized spacial score (nSPS) is 11.1. The van der Waals surface area contributed by atoms with Crippen molar-refractivity contribution < 1.29 is 0 Å². The zero-order valence-electron chi connectivity index (χ0n) is 14.1. The van der Waals surface area contributed by atoms with Crippen LogP contribution in [0.2, 0.25) is 0 Å². The van der Waals surface area contributed by atoms with Crippen molar-refractivity contribution in [2.75, 3.05) is 0 Å². The lowest BCUT2D eigenvalue weighted by atomic mass is 10.1. The smallest absolute Gasteiger partial charge is 0.267 e. The van der Waals surface area contributed by atoms with E-state index >= 15 is 0 Å². The van der Waals surface area contributed by atoms with Crippen LogP contribution >= 0.6 is 0 Å². The van der Waals surface area contributed by atoms with E-state index in [9.17, 15) is 4.79 Å². The van der Waals surface area contributed by atoms with E-state index in [0.29, 0.717) is 5.65 Å². The molecular weight excluding hydrogens is 310 g/mol. The first-order valence-electron chi connectivity index (χ1n) is 8.53. The Balaban J connectivity index is 2.07. The number of rotatable bonds is 4. The molecule has 124 valence electrons. The Hall–Kier alpha value is -3.14. The highest BCUT2D eigenvalue weighted by molar-refractivity contribution is 5.67. The molecule has 0 saturated carbocycles. The fourth-order valence-corrected chi connectivity index (χ4v) is 3.15. The molecule has 0 aliphatic rings. The summed E-state index contributed by atoms with van der Waals surface area (Å²) in [7, 11) is 0. The third-order valence-corrected chi connectivity index (χ3v) is 4.24. The van der Waals surface area contributed by atoms with Crippen LogP contribution < -0.4 is 5.56 Å². The lowest BCUT2D eigenvalue weighted by Crippen LogP contribution is -2.21. The zero-order valence-corrected chi connectivity index (χ0v) is 14.1. The van der Waals surface area contributed by atoms with Gasteiger partial charge in [0.15, 0.2) is 5.65 Å². The van der Waals surface area contributed by atoms with E-state index < -0.39 is 0 Å². The minimum Gasteiger partial charge on any atom is -0.267 e. The lowest BCUT2D eigenvalue weighted by molar-refractivity contribution is 0.757. The molecule has 2 aromatic heterocycles. The Morgan fingerprint density at radius 3 is 2.28 bits per heavy atom. The number of fused-ring (bicyclic) bond motifs is 1. The Bertz CT molecular complexity index is 1060. The first-order valence-corrected chi connectivity index (χ1v) is 8.53. The molecule has 0 spiro atoms. The molecule has 4 heteroatoms. The molecule has 0 radical (unpaired) electrons. The van der Waals surface area contributed by atoms with Gasteiger partial charge in [-0.05, 0) is 18.6 Å². The van der Waals surface area contributed by atoms with Gasteiger partial charge in [-0.15, -0.1) is 0 Å². The van der Waals surface area contributed by atoms with Crippen LogP contribution in [-0.4, -0.2) is 14.2 Å². The van der Waals surface area contributed by atoms with E-state index in [2.05, 4.69) is 6.92 Å². The SMILES string of the molecule is CCCc1cc(=O)n2c(cc(-c3ccccc3)n2-c2ccccc2)n1. The van der Waals surface area contributed by atoms with Gasteiger partial charge in [-0.25, -0.2) is 9.67 Å². The summed E-state index contributed by atoms with van der Waals surface area (Å²) in [4.78, 5) is 17.5. The van der Waals surface area contributed by atoms with Gasteiger partial charge in [-0.2, -0.15) is 4.52 Å². The average molecular weight is 329 g/mol. The highest BCUT2D eigenvalue weighted by Gasteiger charge is 2.15. The second-order valence-electron chi connectivity index (χ2n) is 6.05. The van der Waals surface area contributed by atoms with E-state index in [-0.39, 0.29) is 5.56 Å². The highest BCUT2D eigenvalue weighted by atomic mass is 16.1. The summed E-state index contributed by atoms with van der Waals surface area (Å²) in [6, 6.07) is 23.6. The van der Waals surface area contributed by atoms with Crippen LogP contribution in [0.4, 0.5) is 0 Å². The molecular formula is C21H19N3O. The Morgan fingerprint density at radius 1 is 0.920 bits per heavy atom. The quantitative estimate of drug-likeness (QED) is 0.565. The molecule has 0 aliphatic heterocycles. The fraction of sp³-hybridized carbons (Fsp3) is 0.143. The second-order valence-corrected chi connectivity index (χ2v) is 6.05. The van der Waals surface area contributed by atoms with Crippen LogP contribution in [0.5, 0.6) is 0 Å². The van der Waals surface area contributed by atoms with Gasteiger partial charge in [0, 0.05) is 23.4 Å². The summed E-state index contributed by atoms with van der Waals surface area (Å²) in [5.41, 5.74) is 4.40. The van der Waals surface area contributed by atoms with Gasteiger partial charge in [-0.1, -0.05) is 61.9 Å². The van der Waals surface area contributed by atoms with Crippen molar-refractivity contribution in [1.82, 2.24) is 14.2 Å². The number of para-hydroxylation sites is 1. The van der Waals surface area contributed by atoms with Crippen LogP contribution in [0.1, 0.15) is 19.0 Å². The first kappa shape index (κ1) is 15.4. The third kappa shape index (κ3) is 2.76. The molecule has 4 aromatic rings. The molecule has 4 nitrogen and oxygen atoms in total. The van der Waals surface area contributed by atoms with Crippen molar-refractivity contribution >= 4 is 5.65 Å². The summed E-state index contributed by atoms with van der Waals surface area (Å²) in [5.74, 6) is 0. The Labute approximate surface area is 146 Å². The van der Waals surface area contributed by atoms with E-state index in [1.54, 1.807) is 10.6 Å². The maximum absolute atomic E-state index is 12.8. The predicted molar refractivity (Wildman–Crippen MR) is 100 cm³/mol. The van der Waals surface area contributed by atoms with E-state index in [4.69, 9.17) is 4.98 Å². The van der Waals surface area contributed by atoms with Crippen molar-refractivity contribution in [3.8, 4) is 16.9 Å². The maximum Gasteiger partial charge on any atom is 0.273 e. The number of aryl methyl sites for hydroxylation is 1. The first-order chi connectivity index (χ1) is 12.3. The molecule has 0 amide bonds. The number of benzene rings is 2. The second kappa shape index (κ2) is 6.40. The van der Waals surface area contributed by atoms with Crippen LogP contribution in [0.3, 0.4) is 0 Å². The molecule has 0 N–H and O–H groups in total. The largest absolute Gasteiger partial charge is 0.273 e. The Morgan fingerprint density at radius 2 is 1.60 bits per heavy atom. The highest BCUT2D eigenvalue weighted by Crippen LogP contribution is 2.25. The van der Waals surface area contributed by atoms with Crippen molar-refractivity contribution in [2.45, 2.75) is 19.8 Å². The van der Waals surface area contributed by atoms with Gasteiger partial charge in [0.25, 0.3) is 5.56 Å². The van der Waals surface area contributed by atoms with E-state index in [1.807, 2.05) is 71.4 Å². The maximum atomic E-state index is 12.8. The zero-order chi connectivity index (χ0) is 17.2. The van der Waals surface area contributed by atoms with Crippen LogP contribution in [-0.2, 0) is 6.42 Å². The summed E-state index contributed by atoms with van der Waals surface area (Å²) < 4.78 is 3.59. The average Bonchev–Trinajstić information content (AvgIpc) is 3.03. The fourth-order valence-electron chi connectivity index (χ4n) is 3.15. The molecule has 4 rings (SSSR count).